The number of imide groups is 1. The number of fused-ring (bicyclic) bond motifs is 1. The Morgan fingerprint density at radius 1 is 0.875 bits per heavy atom. The minimum atomic E-state index is -0.971. The van der Waals surface area contributed by atoms with Crippen molar-refractivity contribution in [1.29, 1.82) is 0 Å². The highest BCUT2D eigenvalue weighted by Crippen LogP contribution is 2.24. The van der Waals surface area contributed by atoms with Gasteiger partial charge in [0.05, 0.1) is 17.7 Å². The molecule has 0 radical (unpaired) electrons. The molecule has 9 heteroatoms. The lowest BCUT2D eigenvalue weighted by Gasteiger charge is -2.21. The molecule has 0 aromatic heterocycles. The molecular weight excluding hydrogens is 414 g/mol. The van der Waals surface area contributed by atoms with Crippen molar-refractivity contribution in [2.24, 2.45) is 0 Å². The Balaban J connectivity index is 1.38. The van der Waals surface area contributed by atoms with Crippen LogP contribution in [0.5, 0.6) is 11.5 Å². The minimum absolute atomic E-state index is 0.140. The molecule has 2 aromatic rings. The van der Waals surface area contributed by atoms with Gasteiger partial charge in [-0.25, -0.2) is 0 Å². The molecule has 168 valence electrons. The van der Waals surface area contributed by atoms with E-state index in [1.807, 2.05) is 6.92 Å². The molecule has 1 aliphatic heterocycles. The summed E-state index contributed by atoms with van der Waals surface area (Å²) in [7, 11) is 0. The number of hydrogen-bond donors (Lipinski definition) is 2. The third-order valence-electron chi connectivity index (χ3n) is 4.84. The number of carbonyl (C=O) groups is 4. The highest BCUT2D eigenvalue weighted by atomic mass is 16.5. The van der Waals surface area contributed by atoms with Gasteiger partial charge in [-0.1, -0.05) is 12.1 Å². The highest BCUT2D eigenvalue weighted by molar-refractivity contribution is 6.22. The van der Waals surface area contributed by atoms with Gasteiger partial charge in [0.2, 0.25) is 5.91 Å². The van der Waals surface area contributed by atoms with Crippen molar-refractivity contribution < 1.29 is 28.7 Å². The van der Waals surface area contributed by atoms with Crippen LogP contribution in [0.15, 0.2) is 48.5 Å². The Bertz CT molecular complexity index is 970. The van der Waals surface area contributed by atoms with Crippen LogP contribution in [-0.4, -0.2) is 60.9 Å². The number of carbonyl (C=O) groups excluding carboxylic acids is 4. The molecule has 0 aliphatic carbocycles. The van der Waals surface area contributed by atoms with Gasteiger partial charge < -0.3 is 20.1 Å². The lowest BCUT2D eigenvalue weighted by molar-refractivity contribution is -0.125. The zero-order chi connectivity index (χ0) is 23.1. The number of benzene rings is 2. The SMILES string of the molecule is CCOc1ccc(OCC(=O)NCCNC(=O)C(C)N2C(=O)c3ccccc3C2=O)cc1. The molecule has 2 N–H and O–H groups in total. The minimum Gasteiger partial charge on any atom is -0.494 e. The number of nitrogens with zero attached hydrogens (tertiary/aromatic N) is 1. The standard InChI is InChI=1S/C23H25N3O6/c1-3-31-16-8-10-17(11-9-16)32-14-20(27)24-12-13-25-21(28)15(2)26-22(29)18-6-4-5-7-19(18)23(26)30/h4-11,15H,3,12-14H2,1-2H3,(H,24,27)(H,25,28). The summed E-state index contributed by atoms with van der Waals surface area (Å²) in [4.78, 5) is 50.2. The van der Waals surface area contributed by atoms with Crippen LogP contribution in [0.1, 0.15) is 34.6 Å². The molecule has 0 saturated carbocycles. The van der Waals surface area contributed by atoms with E-state index in [1.165, 1.54) is 6.92 Å². The van der Waals surface area contributed by atoms with Crippen molar-refractivity contribution in [2.45, 2.75) is 19.9 Å². The van der Waals surface area contributed by atoms with Gasteiger partial charge in [-0.05, 0) is 50.2 Å². The van der Waals surface area contributed by atoms with Gasteiger partial charge in [0, 0.05) is 13.1 Å². The third kappa shape index (κ3) is 5.23. The van der Waals surface area contributed by atoms with E-state index in [4.69, 9.17) is 9.47 Å². The van der Waals surface area contributed by atoms with Crippen LogP contribution in [0.4, 0.5) is 0 Å². The molecule has 3 rings (SSSR count). The fourth-order valence-electron chi connectivity index (χ4n) is 3.21. The topological polar surface area (TPSA) is 114 Å². The smallest absolute Gasteiger partial charge is 0.262 e. The molecule has 1 atom stereocenters. The summed E-state index contributed by atoms with van der Waals surface area (Å²) in [5, 5.41) is 5.25. The zero-order valence-electron chi connectivity index (χ0n) is 17.9. The van der Waals surface area contributed by atoms with E-state index in [9.17, 15) is 19.2 Å². The molecule has 0 fully saturated rings. The van der Waals surface area contributed by atoms with E-state index in [0.29, 0.717) is 12.4 Å². The van der Waals surface area contributed by atoms with Crippen LogP contribution in [0.3, 0.4) is 0 Å². The van der Waals surface area contributed by atoms with Gasteiger partial charge in [0.25, 0.3) is 17.7 Å². The van der Waals surface area contributed by atoms with Gasteiger partial charge in [-0.2, -0.15) is 0 Å². The molecule has 0 spiro atoms. The molecule has 32 heavy (non-hydrogen) atoms. The Hall–Kier alpha value is -3.88. The number of nitrogens with one attached hydrogen (secondary N) is 2. The van der Waals surface area contributed by atoms with E-state index in [0.717, 1.165) is 10.6 Å². The Kier molecular flexibility index (Phi) is 7.43. The van der Waals surface area contributed by atoms with Crippen LogP contribution in [0.2, 0.25) is 0 Å². The summed E-state index contributed by atoms with van der Waals surface area (Å²) >= 11 is 0. The predicted molar refractivity (Wildman–Crippen MR) is 116 cm³/mol. The molecule has 4 amide bonds. The molecule has 1 unspecified atom stereocenters. The quantitative estimate of drug-likeness (QED) is 0.427. The fraction of sp³-hybridized carbons (Fsp3) is 0.304. The van der Waals surface area contributed by atoms with Crippen molar-refractivity contribution in [3.63, 3.8) is 0 Å². The van der Waals surface area contributed by atoms with Crippen LogP contribution in [-0.2, 0) is 9.59 Å². The summed E-state index contributed by atoms with van der Waals surface area (Å²) in [5.74, 6) is -0.566. The number of hydrogen-bond acceptors (Lipinski definition) is 6. The summed E-state index contributed by atoms with van der Waals surface area (Å²) in [5.41, 5.74) is 0.578. The highest BCUT2D eigenvalue weighted by Gasteiger charge is 2.40. The van der Waals surface area contributed by atoms with E-state index < -0.39 is 23.8 Å². The fourth-order valence-corrected chi connectivity index (χ4v) is 3.21. The monoisotopic (exact) mass is 439 g/mol. The molecular formula is C23H25N3O6. The van der Waals surface area contributed by atoms with Gasteiger partial charge in [-0.3, -0.25) is 24.1 Å². The van der Waals surface area contributed by atoms with Crippen LogP contribution < -0.4 is 20.1 Å². The second-order valence-corrected chi connectivity index (χ2v) is 7.04. The summed E-state index contributed by atoms with van der Waals surface area (Å²) in [6.45, 7) is 4.08. The average Bonchev–Trinajstić information content (AvgIpc) is 3.06. The van der Waals surface area contributed by atoms with Gasteiger partial charge in [-0.15, -0.1) is 0 Å². The van der Waals surface area contributed by atoms with E-state index >= 15 is 0 Å². The summed E-state index contributed by atoms with van der Waals surface area (Å²) < 4.78 is 10.7. The van der Waals surface area contributed by atoms with Crippen LogP contribution >= 0.6 is 0 Å². The zero-order valence-corrected chi connectivity index (χ0v) is 17.9. The maximum Gasteiger partial charge on any atom is 0.262 e. The lowest BCUT2D eigenvalue weighted by atomic mass is 10.1. The van der Waals surface area contributed by atoms with Crippen LogP contribution in [0.25, 0.3) is 0 Å². The molecule has 0 saturated heterocycles. The maximum atomic E-state index is 12.5. The van der Waals surface area contributed by atoms with Gasteiger partial charge >= 0.3 is 0 Å². The first kappa shape index (κ1) is 22.8. The van der Waals surface area contributed by atoms with Crippen LogP contribution in [0, 0.1) is 0 Å². The third-order valence-corrected chi connectivity index (χ3v) is 4.84. The van der Waals surface area contributed by atoms with Crippen molar-refractivity contribution in [3.05, 3.63) is 59.7 Å². The number of ether oxygens (including phenoxy) is 2. The molecule has 1 aliphatic rings. The molecule has 2 aromatic carbocycles. The normalized spacial score (nSPS) is 13.4. The second-order valence-electron chi connectivity index (χ2n) is 7.04. The molecule has 1 heterocycles. The lowest BCUT2D eigenvalue weighted by Crippen LogP contribution is -2.49. The number of amides is 4. The molecule has 0 bridgehead atoms. The first-order valence-corrected chi connectivity index (χ1v) is 10.3. The van der Waals surface area contributed by atoms with E-state index in [1.54, 1.807) is 48.5 Å². The van der Waals surface area contributed by atoms with E-state index in [-0.39, 0.29) is 36.7 Å². The number of rotatable bonds is 10. The second kappa shape index (κ2) is 10.4. The summed E-state index contributed by atoms with van der Waals surface area (Å²) in [6.07, 6.45) is 0. The van der Waals surface area contributed by atoms with Crippen molar-refractivity contribution >= 4 is 23.6 Å². The Labute approximate surface area is 185 Å². The maximum absolute atomic E-state index is 12.5. The van der Waals surface area contributed by atoms with Gasteiger partial charge in [0.15, 0.2) is 6.61 Å². The summed E-state index contributed by atoms with van der Waals surface area (Å²) in [6, 6.07) is 12.4. The Morgan fingerprint density at radius 3 is 1.97 bits per heavy atom. The van der Waals surface area contributed by atoms with Crippen molar-refractivity contribution in [3.8, 4) is 11.5 Å². The van der Waals surface area contributed by atoms with Crippen molar-refractivity contribution in [1.82, 2.24) is 15.5 Å². The average molecular weight is 439 g/mol. The first-order valence-electron chi connectivity index (χ1n) is 10.3. The first-order chi connectivity index (χ1) is 15.4. The largest absolute Gasteiger partial charge is 0.494 e. The molecule has 9 nitrogen and oxygen atoms in total. The van der Waals surface area contributed by atoms with Crippen molar-refractivity contribution in [2.75, 3.05) is 26.3 Å². The predicted octanol–water partition coefficient (Wildman–Crippen LogP) is 1.38. The van der Waals surface area contributed by atoms with Gasteiger partial charge in [0.1, 0.15) is 17.5 Å². The Morgan fingerprint density at radius 2 is 1.41 bits per heavy atom. The van der Waals surface area contributed by atoms with E-state index in [2.05, 4.69) is 10.6 Å².